The molecular formula is C21H28N2O4. The minimum Gasteiger partial charge on any atom is -0.444 e. The van der Waals surface area contributed by atoms with Crippen LogP contribution in [-0.2, 0) is 20.9 Å². The maximum atomic E-state index is 13.3. The molecule has 0 aliphatic carbocycles. The second-order valence-corrected chi connectivity index (χ2v) is 8.56. The SMILES string of the molecule is CC(C)(C)OC(=O)N1CCCC2(CCC(=O)N(Cc3ccccc3)C2=O)C1. The lowest BCUT2D eigenvalue weighted by Gasteiger charge is -2.46. The Kier molecular flexibility index (Phi) is 5.27. The predicted molar refractivity (Wildman–Crippen MR) is 101 cm³/mol. The van der Waals surface area contributed by atoms with Crippen LogP contribution >= 0.6 is 0 Å². The van der Waals surface area contributed by atoms with Crippen molar-refractivity contribution in [1.29, 1.82) is 0 Å². The quantitative estimate of drug-likeness (QED) is 0.747. The number of likely N-dealkylation sites (tertiary alicyclic amines) is 2. The summed E-state index contributed by atoms with van der Waals surface area (Å²) in [5, 5.41) is 0. The fourth-order valence-corrected chi connectivity index (χ4v) is 3.91. The number of amides is 3. The van der Waals surface area contributed by atoms with E-state index in [1.54, 1.807) is 4.90 Å². The zero-order chi connectivity index (χ0) is 19.7. The fourth-order valence-electron chi connectivity index (χ4n) is 3.91. The molecule has 6 heteroatoms. The number of hydrogen-bond acceptors (Lipinski definition) is 4. The molecule has 0 bridgehead atoms. The molecule has 2 heterocycles. The average molecular weight is 372 g/mol. The van der Waals surface area contributed by atoms with Crippen molar-refractivity contribution < 1.29 is 19.1 Å². The van der Waals surface area contributed by atoms with Crippen LogP contribution < -0.4 is 0 Å². The van der Waals surface area contributed by atoms with Gasteiger partial charge in [-0.1, -0.05) is 30.3 Å². The largest absolute Gasteiger partial charge is 0.444 e. The molecule has 0 radical (unpaired) electrons. The molecule has 1 aromatic rings. The van der Waals surface area contributed by atoms with E-state index in [9.17, 15) is 14.4 Å². The molecule has 1 aromatic carbocycles. The van der Waals surface area contributed by atoms with Crippen molar-refractivity contribution in [3.63, 3.8) is 0 Å². The number of ether oxygens (including phenoxy) is 1. The number of nitrogens with zero attached hydrogens (tertiary/aromatic N) is 2. The first-order chi connectivity index (χ1) is 12.7. The molecule has 3 rings (SSSR count). The van der Waals surface area contributed by atoms with Crippen LogP contribution in [0.5, 0.6) is 0 Å². The number of hydrogen-bond donors (Lipinski definition) is 0. The van der Waals surface area contributed by atoms with Crippen LogP contribution in [0.1, 0.15) is 52.0 Å². The Bertz CT molecular complexity index is 725. The van der Waals surface area contributed by atoms with Gasteiger partial charge in [-0.2, -0.15) is 0 Å². The number of carbonyl (C=O) groups excluding carboxylic acids is 3. The van der Waals surface area contributed by atoms with E-state index in [4.69, 9.17) is 4.74 Å². The summed E-state index contributed by atoms with van der Waals surface area (Å²) >= 11 is 0. The summed E-state index contributed by atoms with van der Waals surface area (Å²) in [5.41, 5.74) is -0.332. The topological polar surface area (TPSA) is 66.9 Å². The number of benzene rings is 1. The Balaban J connectivity index is 1.77. The lowest BCUT2D eigenvalue weighted by atomic mass is 9.72. The lowest BCUT2D eigenvalue weighted by molar-refractivity contribution is -0.161. The van der Waals surface area contributed by atoms with E-state index in [1.807, 2.05) is 51.1 Å². The molecule has 2 aliphatic heterocycles. The van der Waals surface area contributed by atoms with Gasteiger partial charge in [-0.15, -0.1) is 0 Å². The Hall–Kier alpha value is -2.37. The van der Waals surface area contributed by atoms with Crippen molar-refractivity contribution in [2.45, 2.75) is 58.6 Å². The van der Waals surface area contributed by atoms with Gasteiger partial charge in [-0.3, -0.25) is 14.5 Å². The van der Waals surface area contributed by atoms with E-state index in [-0.39, 0.29) is 24.5 Å². The number of rotatable bonds is 2. The van der Waals surface area contributed by atoms with E-state index in [0.717, 1.165) is 12.0 Å². The van der Waals surface area contributed by atoms with Crippen molar-refractivity contribution in [3.8, 4) is 0 Å². The molecule has 2 aliphatic rings. The summed E-state index contributed by atoms with van der Waals surface area (Å²) in [6.07, 6.45) is 1.87. The molecule has 2 saturated heterocycles. The summed E-state index contributed by atoms with van der Waals surface area (Å²) in [4.78, 5) is 41.2. The molecule has 1 atom stereocenters. The van der Waals surface area contributed by atoms with Crippen molar-refractivity contribution >= 4 is 17.9 Å². The molecule has 6 nitrogen and oxygen atoms in total. The second kappa shape index (κ2) is 7.33. The second-order valence-electron chi connectivity index (χ2n) is 8.56. The Morgan fingerprint density at radius 3 is 2.52 bits per heavy atom. The molecule has 0 aromatic heterocycles. The van der Waals surface area contributed by atoms with Crippen molar-refractivity contribution in [3.05, 3.63) is 35.9 Å². The molecule has 0 saturated carbocycles. The third-order valence-electron chi connectivity index (χ3n) is 5.23. The number of carbonyl (C=O) groups is 3. The lowest BCUT2D eigenvalue weighted by Crippen LogP contribution is -2.58. The normalized spacial score (nSPS) is 23.7. The van der Waals surface area contributed by atoms with Gasteiger partial charge in [0.05, 0.1) is 12.0 Å². The number of imide groups is 1. The molecule has 2 fully saturated rings. The first-order valence-corrected chi connectivity index (χ1v) is 9.57. The highest BCUT2D eigenvalue weighted by Crippen LogP contribution is 2.40. The molecule has 1 unspecified atom stereocenters. The minimum absolute atomic E-state index is 0.135. The Morgan fingerprint density at radius 2 is 1.85 bits per heavy atom. The van der Waals surface area contributed by atoms with E-state index in [1.165, 1.54) is 4.90 Å². The van der Waals surface area contributed by atoms with E-state index in [0.29, 0.717) is 32.4 Å². The van der Waals surface area contributed by atoms with Gasteiger partial charge in [0.1, 0.15) is 5.60 Å². The molecule has 1 spiro atoms. The minimum atomic E-state index is -0.683. The number of piperidine rings is 2. The van der Waals surface area contributed by atoms with Crippen molar-refractivity contribution in [2.75, 3.05) is 13.1 Å². The zero-order valence-corrected chi connectivity index (χ0v) is 16.4. The third-order valence-corrected chi connectivity index (χ3v) is 5.23. The van der Waals surface area contributed by atoms with E-state index < -0.39 is 11.0 Å². The molecule has 0 N–H and O–H groups in total. The van der Waals surface area contributed by atoms with Crippen LogP contribution in [-0.4, -0.2) is 46.4 Å². The van der Waals surface area contributed by atoms with Gasteiger partial charge in [0.15, 0.2) is 0 Å². The van der Waals surface area contributed by atoms with Crippen LogP contribution in [0, 0.1) is 5.41 Å². The summed E-state index contributed by atoms with van der Waals surface area (Å²) in [7, 11) is 0. The van der Waals surface area contributed by atoms with Gasteiger partial charge in [-0.05, 0) is 45.6 Å². The van der Waals surface area contributed by atoms with Crippen molar-refractivity contribution in [2.24, 2.45) is 5.41 Å². The van der Waals surface area contributed by atoms with Gasteiger partial charge in [0.2, 0.25) is 11.8 Å². The van der Waals surface area contributed by atoms with Crippen LogP contribution in [0.2, 0.25) is 0 Å². The third kappa shape index (κ3) is 4.31. The van der Waals surface area contributed by atoms with Crippen LogP contribution in [0.15, 0.2) is 30.3 Å². The van der Waals surface area contributed by atoms with Gasteiger partial charge >= 0.3 is 6.09 Å². The van der Waals surface area contributed by atoms with E-state index >= 15 is 0 Å². The van der Waals surface area contributed by atoms with Crippen LogP contribution in [0.4, 0.5) is 4.79 Å². The first-order valence-electron chi connectivity index (χ1n) is 9.57. The smallest absolute Gasteiger partial charge is 0.410 e. The predicted octanol–water partition coefficient (Wildman–Crippen LogP) is 3.35. The summed E-state index contributed by atoms with van der Waals surface area (Å²) in [6.45, 7) is 6.67. The summed E-state index contributed by atoms with van der Waals surface area (Å²) in [5.74, 6) is -0.292. The average Bonchev–Trinajstić information content (AvgIpc) is 2.62. The molecular weight excluding hydrogens is 344 g/mol. The maximum absolute atomic E-state index is 13.3. The Morgan fingerprint density at radius 1 is 1.15 bits per heavy atom. The van der Waals surface area contributed by atoms with Crippen molar-refractivity contribution in [1.82, 2.24) is 9.80 Å². The van der Waals surface area contributed by atoms with Crippen LogP contribution in [0.25, 0.3) is 0 Å². The molecule has 3 amide bonds. The standard InChI is InChI=1S/C21H28N2O4/c1-20(2,3)27-19(26)22-13-7-11-21(15-22)12-10-17(24)23(18(21)25)14-16-8-5-4-6-9-16/h4-6,8-9H,7,10-15H2,1-3H3. The van der Waals surface area contributed by atoms with Gasteiger partial charge in [0, 0.05) is 19.5 Å². The first kappa shape index (κ1) is 19.4. The molecule has 146 valence electrons. The maximum Gasteiger partial charge on any atom is 0.410 e. The Labute approximate surface area is 160 Å². The fraction of sp³-hybridized carbons (Fsp3) is 0.571. The molecule has 27 heavy (non-hydrogen) atoms. The highest BCUT2D eigenvalue weighted by Gasteiger charge is 2.50. The monoisotopic (exact) mass is 372 g/mol. The zero-order valence-electron chi connectivity index (χ0n) is 16.4. The highest BCUT2D eigenvalue weighted by atomic mass is 16.6. The van der Waals surface area contributed by atoms with Crippen LogP contribution in [0.3, 0.4) is 0 Å². The summed E-state index contributed by atoms with van der Waals surface area (Å²) in [6, 6.07) is 9.53. The highest BCUT2D eigenvalue weighted by molar-refractivity contribution is 6.01. The summed E-state index contributed by atoms with van der Waals surface area (Å²) < 4.78 is 5.49. The van der Waals surface area contributed by atoms with Gasteiger partial charge in [-0.25, -0.2) is 4.79 Å². The van der Waals surface area contributed by atoms with Gasteiger partial charge in [0.25, 0.3) is 0 Å². The van der Waals surface area contributed by atoms with E-state index in [2.05, 4.69) is 0 Å². The van der Waals surface area contributed by atoms with Gasteiger partial charge < -0.3 is 9.64 Å².